The number of aromatic nitrogens is 2. The largest absolute Gasteiger partial charge is 0.363 e. The van der Waals surface area contributed by atoms with E-state index in [4.69, 9.17) is 11.6 Å². The van der Waals surface area contributed by atoms with Crippen molar-refractivity contribution in [1.29, 1.82) is 0 Å². The molecule has 0 saturated carbocycles. The van der Waals surface area contributed by atoms with E-state index in [2.05, 4.69) is 59.8 Å². The Hall–Kier alpha value is -3.37. The summed E-state index contributed by atoms with van der Waals surface area (Å²) in [6, 6.07) is 27.0. The minimum absolute atomic E-state index is 0.113. The number of hydrogen-bond acceptors (Lipinski definition) is 3. The normalized spacial score (nSPS) is 17.3. The Morgan fingerprint density at radius 2 is 1.82 bits per heavy atom. The van der Waals surface area contributed by atoms with Gasteiger partial charge in [0, 0.05) is 11.4 Å². The summed E-state index contributed by atoms with van der Waals surface area (Å²) in [5.41, 5.74) is 5.29. The van der Waals surface area contributed by atoms with Crippen LogP contribution in [0.1, 0.15) is 53.3 Å². The summed E-state index contributed by atoms with van der Waals surface area (Å²) in [5.74, 6) is 0.948. The lowest BCUT2D eigenvalue weighted by atomic mass is 9.96. The number of ketones is 1. The molecule has 4 nitrogen and oxygen atoms in total. The van der Waals surface area contributed by atoms with Crippen molar-refractivity contribution in [2.45, 2.75) is 38.3 Å². The first kappa shape index (κ1) is 21.5. The van der Waals surface area contributed by atoms with Gasteiger partial charge in [0.25, 0.3) is 0 Å². The predicted molar refractivity (Wildman–Crippen MR) is 134 cm³/mol. The average Bonchev–Trinajstić information content (AvgIpc) is 3.28. The molecule has 2 atom stereocenters. The van der Waals surface area contributed by atoms with Crippen molar-refractivity contribution in [1.82, 2.24) is 9.78 Å². The first-order chi connectivity index (χ1) is 16.1. The molecule has 33 heavy (non-hydrogen) atoms. The Morgan fingerprint density at radius 3 is 2.61 bits per heavy atom. The molecule has 0 bridgehead atoms. The Morgan fingerprint density at radius 1 is 1.03 bits per heavy atom. The molecular weight excluding hydrogens is 430 g/mol. The number of rotatable bonds is 6. The van der Waals surface area contributed by atoms with Gasteiger partial charge in [-0.3, -0.25) is 4.79 Å². The zero-order valence-corrected chi connectivity index (χ0v) is 19.3. The van der Waals surface area contributed by atoms with Crippen molar-refractivity contribution in [2.75, 3.05) is 5.32 Å². The lowest BCUT2D eigenvalue weighted by molar-refractivity contribution is 0.0983. The molecule has 166 valence electrons. The Bertz CT molecular complexity index is 1260. The number of fused-ring (bicyclic) bond motifs is 1. The lowest BCUT2D eigenvalue weighted by Gasteiger charge is -2.31. The molecule has 5 rings (SSSR count). The van der Waals surface area contributed by atoms with Crippen LogP contribution < -0.4 is 5.32 Å². The fourth-order valence-corrected chi connectivity index (χ4v) is 4.68. The van der Waals surface area contributed by atoms with Crippen LogP contribution in [0.15, 0.2) is 85.1 Å². The maximum atomic E-state index is 13.2. The van der Waals surface area contributed by atoms with Gasteiger partial charge in [-0.05, 0) is 54.2 Å². The SMILES string of the molecule is CC1CC(c2ccccc2)Nc2c(C(=O)CCc3cccc(-c4ccc(Cl)cc4)c3)cnn21. The maximum absolute atomic E-state index is 13.2. The second kappa shape index (κ2) is 9.24. The highest BCUT2D eigenvalue weighted by atomic mass is 35.5. The summed E-state index contributed by atoms with van der Waals surface area (Å²) >= 11 is 6.02. The number of carbonyl (C=O) groups is 1. The van der Waals surface area contributed by atoms with Crippen LogP contribution in [0.25, 0.3) is 11.1 Å². The number of benzene rings is 3. The van der Waals surface area contributed by atoms with Crippen LogP contribution in [-0.4, -0.2) is 15.6 Å². The molecular formula is C28H26ClN3O. The number of nitrogens with one attached hydrogen (secondary N) is 1. The molecule has 4 aromatic rings. The van der Waals surface area contributed by atoms with Crippen molar-refractivity contribution in [2.24, 2.45) is 0 Å². The van der Waals surface area contributed by atoms with Gasteiger partial charge in [-0.1, -0.05) is 78.3 Å². The van der Waals surface area contributed by atoms with Crippen LogP contribution in [0.5, 0.6) is 0 Å². The number of anilines is 1. The van der Waals surface area contributed by atoms with Gasteiger partial charge in [-0.15, -0.1) is 0 Å². The number of Topliss-reactive ketones (excluding diaryl/α,β-unsaturated/α-hetero) is 1. The molecule has 3 aromatic carbocycles. The molecule has 2 unspecified atom stereocenters. The van der Waals surface area contributed by atoms with Crippen LogP contribution in [0.3, 0.4) is 0 Å². The summed E-state index contributed by atoms with van der Waals surface area (Å²) in [6.07, 6.45) is 3.78. The second-order valence-electron chi connectivity index (χ2n) is 8.67. The monoisotopic (exact) mass is 455 g/mol. The van der Waals surface area contributed by atoms with Crippen LogP contribution in [0.2, 0.25) is 5.02 Å². The van der Waals surface area contributed by atoms with Crippen LogP contribution in [-0.2, 0) is 6.42 Å². The first-order valence-corrected chi connectivity index (χ1v) is 11.7. The molecule has 0 aliphatic carbocycles. The molecule has 0 saturated heterocycles. The third kappa shape index (κ3) is 4.57. The van der Waals surface area contributed by atoms with Gasteiger partial charge in [-0.2, -0.15) is 5.10 Å². The molecule has 0 radical (unpaired) electrons. The van der Waals surface area contributed by atoms with Gasteiger partial charge >= 0.3 is 0 Å². The molecule has 0 amide bonds. The zero-order chi connectivity index (χ0) is 22.8. The summed E-state index contributed by atoms with van der Waals surface area (Å²) < 4.78 is 1.95. The minimum atomic E-state index is 0.113. The third-order valence-corrected chi connectivity index (χ3v) is 6.60. The average molecular weight is 456 g/mol. The minimum Gasteiger partial charge on any atom is -0.363 e. The predicted octanol–water partition coefficient (Wildman–Crippen LogP) is 7.14. The Kier molecular flexibility index (Phi) is 6.01. The molecule has 2 heterocycles. The van der Waals surface area contributed by atoms with Gasteiger partial charge in [0.15, 0.2) is 5.78 Å². The van der Waals surface area contributed by atoms with E-state index in [1.54, 1.807) is 6.20 Å². The molecule has 1 N–H and O–H groups in total. The molecule has 1 aromatic heterocycles. The molecule has 0 spiro atoms. The summed E-state index contributed by atoms with van der Waals surface area (Å²) in [5, 5.41) is 8.83. The van der Waals surface area contributed by atoms with Gasteiger partial charge in [0.05, 0.1) is 23.8 Å². The van der Waals surface area contributed by atoms with Crippen molar-refractivity contribution >= 4 is 23.2 Å². The Balaban J connectivity index is 1.31. The van der Waals surface area contributed by atoms with E-state index in [-0.39, 0.29) is 17.9 Å². The van der Waals surface area contributed by atoms with E-state index >= 15 is 0 Å². The van der Waals surface area contributed by atoms with Crippen molar-refractivity contribution in [3.05, 3.63) is 107 Å². The number of nitrogens with zero attached hydrogens (tertiary/aromatic N) is 2. The highest BCUT2D eigenvalue weighted by Crippen LogP contribution is 2.36. The van der Waals surface area contributed by atoms with Crippen LogP contribution >= 0.6 is 11.6 Å². The molecule has 1 aliphatic rings. The number of halogens is 1. The standard InChI is InChI=1S/C28H26ClN3O/c1-19-16-26(22-7-3-2-4-8-22)31-28-25(18-30-32(19)28)27(33)15-10-20-6-5-9-23(17-20)21-11-13-24(29)14-12-21/h2-9,11-14,17-19,26,31H,10,15-16H2,1H3. The third-order valence-electron chi connectivity index (χ3n) is 6.35. The van der Waals surface area contributed by atoms with E-state index in [0.717, 1.165) is 34.0 Å². The quantitative estimate of drug-likeness (QED) is 0.314. The lowest BCUT2D eigenvalue weighted by Crippen LogP contribution is -2.26. The first-order valence-electron chi connectivity index (χ1n) is 11.4. The molecule has 0 fully saturated rings. The highest BCUT2D eigenvalue weighted by Gasteiger charge is 2.29. The topological polar surface area (TPSA) is 46.9 Å². The highest BCUT2D eigenvalue weighted by molar-refractivity contribution is 6.30. The molecule has 5 heteroatoms. The summed E-state index contributed by atoms with van der Waals surface area (Å²) in [7, 11) is 0. The molecule has 1 aliphatic heterocycles. The van der Waals surface area contributed by atoms with E-state index in [1.807, 2.05) is 41.1 Å². The van der Waals surface area contributed by atoms with Gasteiger partial charge < -0.3 is 5.32 Å². The van der Waals surface area contributed by atoms with Gasteiger partial charge in [0.1, 0.15) is 5.82 Å². The number of carbonyl (C=O) groups excluding carboxylic acids is 1. The maximum Gasteiger partial charge on any atom is 0.168 e. The van der Waals surface area contributed by atoms with Crippen molar-refractivity contribution in [3.8, 4) is 11.1 Å². The van der Waals surface area contributed by atoms with Gasteiger partial charge in [0.2, 0.25) is 0 Å². The van der Waals surface area contributed by atoms with Crippen LogP contribution in [0.4, 0.5) is 5.82 Å². The zero-order valence-electron chi connectivity index (χ0n) is 18.5. The Labute approximate surface area is 199 Å². The second-order valence-corrected chi connectivity index (χ2v) is 9.11. The number of aryl methyl sites for hydroxylation is 1. The van der Waals surface area contributed by atoms with Crippen LogP contribution in [0, 0.1) is 0 Å². The summed E-state index contributed by atoms with van der Waals surface area (Å²) in [6.45, 7) is 2.16. The smallest absolute Gasteiger partial charge is 0.168 e. The summed E-state index contributed by atoms with van der Waals surface area (Å²) in [4.78, 5) is 13.2. The fraction of sp³-hybridized carbons (Fsp3) is 0.214. The van der Waals surface area contributed by atoms with E-state index in [0.29, 0.717) is 18.4 Å². The van der Waals surface area contributed by atoms with E-state index < -0.39 is 0 Å². The van der Waals surface area contributed by atoms with Crippen molar-refractivity contribution < 1.29 is 4.79 Å². The van der Waals surface area contributed by atoms with E-state index in [9.17, 15) is 4.79 Å². The van der Waals surface area contributed by atoms with Crippen molar-refractivity contribution in [3.63, 3.8) is 0 Å². The van der Waals surface area contributed by atoms with Gasteiger partial charge in [-0.25, -0.2) is 4.68 Å². The number of hydrogen-bond donors (Lipinski definition) is 1. The fourth-order valence-electron chi connectivity index (χ4n) is 4.56. The van der Waals surface area contributed by atoms with E-state index in [1.165, 1.54) is 5.56 Å².